The summed E-state index contributed by atoms with van der Waals surface area (Å²) in [6, 6.07) is 10.2. The number of hydrogen-bond acceptors (Lipinski definition) is 1. The predicted molar refractivity (Wildman–Crippen MR) is 73.9 cm³/mol. The molecule has 0 aliphatic heterocycles. The van der Waals surface area contributed by atoms with E-state index in [4.69, 9.17) is 28.5 Å². The van der Waals surface area contributed by atoms with Crippen molar-refractivity contribution >= 4 is 23.2 Å². The lowest BCUT2D eigenvalue weighted by Gasteiger charge is -2.11. The smallest absolute Gasteiger partial charge is 0.123 e. The Hall–Kier alpha value is -1.56. The number of rotatable bonds is 1. The van der Waals surface area contributed by atoms with Gasteiger partial charge in [-0.15, -0.1) is 0 Å². The third-order valence-electron chi connectivity index (χ3n) is 3.42. The van der Waals surface area contributed by atoms with E-state index in [0.29, 0.717) is 10.0 Å². The first-order valence-electron chi connectivity index (χ1n) is 5.77. The van der Waals surface area contributed by atoms with E-state index in [9.17, 15) is 4.39 Å². The molecular formula is C15H8Cl2FN. The highest BCUT2D eigenvalue weighted by Gasteiger charge is 2.31. The number of hydrogen-bond donors (Lipinski definition) is 0. The van der Waals surface area contributed by atoms with Gasteiger partial charge >= 0.3 is 0 Å². The van der Waals surface area contributed by atoms with Gasteiger partial charge in [0.1, 0.15) is 5.82 Å². The maximum atomic E-state index is 13.4. The molecule has 0 saturated heterocycles. The van der Waals surface area contributed by atoms with Crippen LogP contribution in [0.25, 0.3) is 11.1 Å². The Morgan fingerprint density at radius 2 is 1.95 bits per heavy atom. The second-order valence-corrected chi connectivity index (χ2v) is 5.34. The van der Waals surface area contributed by atoms with Crippen molar-refractivity contribution in [2.24, 2.45) is 0 Å². The van der Waals surface area contributed by atoms with Crippen molar-refractivity contribution in [1.29, 1.82) is 5.26 Å². The zero-order chi connectivity index (χ0) is 13.6. The molecular weight excluding hydrogens is 284 g/mol. The van der Waals surface area contributed by atoms with Crippen LogP contribution in [-0.2, 0) is 0 Å². The second kappa shape index (κ2) is 4.52. The molecule has 19 heavy (non-hydrogen) atoms. The number of nitrogens with zero attached hydrogens (tertiary/aromatic N) is 1. The minimum absolute atomic E-state index is 0.185. The van der Waals surface area contributed by atoms with Crippen molar-refractivity contribution in [3.8, 4) is 17.2 Å². The van der Waals surface area contributed by atoms with Crippen molar-refractivity contribution in [3.63, 3.8) is 0 Å². The van der Waals surface area contributed by atoms with Gasteiger partial charge in [0.15, 0.2) is 0 Å². The van der Waals surface area contributed by atoms with Gasteiger partial charge in [-0.2, -0.15) is 5.26 Å². The van der Waals surface area contributed by atoms with Gasteiger partial charge in [-0.05, 0) is 46.5 Å². The molecule has 0 heterocycles. The summed E-state index contributed by atoms with van der Waals surface area (Å²) in [4.78, 5) is 0. The Morgan fingerprint density at radius 1 is 1.16 bits per heavy atom. The normalized spacial score (nSPS) is 15.8. The first-order chi connectivity index (χ1) is 9.11. The standard InChI is InChI=1S/C15H8Cl2FN/c16-8-5-13-10-2-1-9(18)7-12(10)11(3-4-19)15(13)14(17)6-8/h1-2,5-7,11H,3H2/t11-/m0/s1. The van der Waals surface area contributed by atoms with Gasteiger partial charge in [-0.1, -0.05) is 29.3 Å². The third kappa shape index (κ3) is 1.90. The van der Waals surface area contributed by atoms with Crippen LogP contribution in [0, 0.1) is 17.1 Å². The highest BCUT2D eigenvalue weighted by Crippen LogP contribution is 2.50. The quantitative estimate of drug-likeness (QED) is 0.712. The molecule has 0 bridgehead atoms. The van der Waals surface area contributed by atoms with E-state index in [1.54, 1.807) is 12.1 Å². The fourth-order valence-electron chi connectivity index (χ4n) is 2.69. The second-order valence-electron chi connectivity index (χ2n) is 4.50. The minimum Gasteiger partial charge on any atom is -0.207 e. The van der Waals surface area contributed by atoms with Crippen LogP contribution >= 0.6 is 23.2 Å². The molecule has 94 valence electrons. The summed E-state index contributed by atoms with van der Waals surface area (Å²) in [5, 5.41) is 10.0. The van der Waals surface area contributed by atoms with Crippen molar-refractivity contribution in [1.82, 2.24) is 0 Å². The van der Waals surface area contributed by atoms with E-state index in [1.807, 2.05) is 6.07 Å². The lowest BCUT2D eigenvalue weighted by atomic mass is 9.94. The van der Waals surface area contributed by atoms with Crippen molar-refractivity contribution in [2.75, 3.05) is 0 Å². The van der Waals surface area contributed by atoms with E-state index in [1.165, 1.54) is 12.1 Å². The molecule has 0 fully saturated rings. The van der Waals surface area contributed by atoms with Crippen LogP contribution in [0.5, 0.6) is 0 Å². The Labute approximate surface area is 120 Å². The minimum atomic E-state index is -0.309. The van der Waals surface area contributed by atoms with Crippen LogP contribution in [0.3, 0.4) is 0 Å². The van der Waals surface area contributed by atoms with Gasteiger partial charge in [0.05, 0.1) is 6.07 Å². The molecule has 2 aromatic carbocycles. The molecule has 1 aliphatic rings. The Bertz CT molecular complexity index is 719. The lowest BCUT2D eigenvalue weighted by Crippen LogP contribution is -1.96. The van der Waals surface area contributed by atoms with E-state index in [2.05, 4.69) is 6.07 Å². The van der Waals surface area contributed by atoms with Crippen molar-refractivity contribution in [2.45, 2.75) is 12.3 Å². The molecule has 3 rings (SSSR count). The van der Waals surface area contributed by atoms with Crippen LogP contribution in [-0.4, -0.2) is 0 Å². The summed E-state index contributed by atoms with van der Waals surface area (Å²) in [5.41, 5.74) is 3.47. The van der Waals surface area contributed by atoms with E-state index >= 15 is 0 Å². The molecule has 1 aliphatic carbocycles. The fourth-order valence-corrected chi connectivity index (χ4v) is 3.31. The van der Waals surface area contributed by atoms with Crippen molar-refractivity contribution in [3.05, 3.63) is 57.3 Å². The van der Waals surface area contributed by atoms with Gasteiger partial charge in [0.2, 0.25) is 0 Å². The van der Waals surface area contributed by atoms with Gasteiger partial charge in [0, 0.05) is 22.4 Å². The van der Waals surface area contributed by atoms with Crippen LogP contribution in [0.2, 0.25) is 10.0 Å². The molecule has 0 N–H and O–H groups in total. The fraction of sp³-hybridized carbons (Fsp3) is 0.133. The lowest BCUT2D eigenvalue weighted by molar-refractivity contribution is 0.624. The monoisotopic (exact) mass is 291 g/mol. The van der Waals surface area contributed by atoms with Crippen LogP contribution in [0.1, 0.15) is 23.5 Å². The number of nitriles is 1. The molecule has 2 aromatic rings. The largest absolute Gasteiger partial charge is 0.207 e. The van der Waals surface area contributed by atoms with Gasteiger partial charge in [0.25, 0.3) is 0 Å². The first-order valence-corrected chi connectivity index (χ1v) is 6.53. The predicted octanol–water partition coefficient (Wildman–Crippen LogP) is 5.16. The number of benzene rings is 2. The number of fused-ring (bicyclic) bond motifs is 3. The zero-order valence-corrected chi connectivity index (χ0v) is 11.3. The molecule has 0 radical (unpaired) electrons. The van der Waals surface area contributed by atoms with E-state index < -0.39 is 0 Å². The molecule has 0 saturated carbocycles. The average Bonchev–Trinajstić information content (AvgIpc) is 2.64. The van der Waals surface area contributed by atoms with Gasteiger partial charge < -0.3 is 0 Å². The van der Waals surface area contributed by atoms with Gasteiger partial charge in [-0.25, -0.2) is 4.39 Å². The summed E-state index contributed by atoms with van der Waals surface area (Å²) in [5.74, 6) is -0.493. The summed E-state index contributed by atoms with van der Waals surface area (Å²) < 4.78 is 13.4. The van der Waals surface area contributed by atoms with Crippen LogP contribution in [0.15, 0.2) is 30.3 Å². The summed E-state index contributed by atoms with van der Waals surface area (Å²) in [7, 11) is 0. The molecule has 4 heteroatoms. The van der Waals surface area contributed by atoms with E-state index in [0.717, 1.165) is 22.3 Å². The SMILES string of the molecule is N#CC[C@H]1c2cc(F)ccc2-c2cc(Cl)cc(Cl)c21. The van der Waals surface area contributed by atoms with Crippen LogP contribution < -0.4 is 0 Å². The van der Waals surface area contributed by atoms with Crippen LogP contribution in [0.4, 0.5) is 4.39 Å². The molecule has 0 spiro atoms. The highest BCUT2D eigenvalue weighted by atomic mass is 35.5. The molecule has 0 aromatic heterocycles. The third-order valence-corrected chi connectivity index (χ3v) is 3.95. The average molecular weight is 292 g/mol. The summed E-state index contributed by atoms with van der Waals surface area (Å²) >= 11 is 12.3. The summed E-state index contributed by atoms with van der Waals surface area (Å²) in [6.07, 6.45) is 0.269. The Balaban J connectivity index is 2.32. The highest BCUT2D eigenvalue weighted by molar-refractivity contribution is 6.36. The molecule has 0 unspecified atom stereocenters. The summed E-state index contributed by atoms with van der Waals surface area (Å²) in [6.45, 7) is 0. The topological polar surface area (TPSA) is 23.8 Å². The van der Waals surface area contributed by atoms with Crippen molar-refractivity contribution < 1.29 is 4.39 Å². The maximum Gasteiger partial charge on any atom is 0.123 e. The Kier molecular flexibility index (Phi) is 2.97. The zero-order valence-electron chi connectivity index (χ0n) is 9.75. The van der Waals surface area contributed by atoms with Gasteiger partial charge in [-0.3, -0.25) is 0 Å². The first kappa shape index (κ1) is 12.5. The molecule has 1 atom stereocenters. The number of halogens is 3. The Morgan fingerprint density at radius 3 is 2.68 bits per heavy atom. The van der Waals surface area contributed by atoms with E-state index in [-0.39, 0.29) is 18.2 Å². The maximum absolute atomic E-state index is 13.4. The molecule has 0 amide bonds. The molecule has 1 nitrogen and oxygen atoms in total.